The Bertz CT molecular complexity index is 1110. The molecular weight excluding hydrogens is 477 g/mol. The molecule has 0 saturated carbocycles. The Labute approximate surface area is 215 Å². The van der Waals surface area contributed by atoms with Crippen LogP contribution in [0, 0.1) is 0 Å². The van der Waals surface area contributed by atoms with E-state index in [0.717, 1.165) is 42.4 Å². The average Bonchev–Trinajstić information content (AvgIpc) is 3.45. The molecule has 0 bridgehead atoms. The number of hydrogen-bond donors (Lipinski definition) is 0. The van der Waals surface area contributed by atoms with Gasteiger partial charge in [-0.05, 0) is 57.9 Å². The average molecular weight is 511 g/mol. The summed E-state index contributed by atoms with van der Waals surface area (Å²) >= 11 is 12.8. The Hall–Kier alpha value is -1.62. The van der Waals surface area contributed by atoms with E-state index in [1.165, 1.54) is 21.5 Å². The van der Waals surface area contributed by atoms with Crippen LogP contribution < -0.4 is 10.4 Å². The van der Waals surface area contributed by atoms with Gasteiger partial charge < -0.3 is 4.43 Å². The van der Waals surface area contributed by atoms with E-state index in [0.29, 0.717) is 6.04 Å². The number of likely N-dealkylation sites (tertiary alicyclic amines) is 1. The van der Waals surface area contributed by atoms with Gasteiger partial charge >= 0.3 is 0 Å². The highest BCUT2D eigenvalue weighted by Gasteiger charge is 2.52. The molecule has 0 spiro atoms. The first kappa shape index (κ1) is 24.1. The summed E-state index contributed by atoms with van der Waals surface area (Å²) in [6, 6.07) is 26.4. The largest absolute Gasteiger partial charge is 0.403 e. The zero-order chi connectivity index (χ0) is 23.9. The van der Waals surface area contributed by atoms with Crippen molar-refractivity contribution in [3.8, 4) is 0 Å². The van der Waals surface area contributed by atoms with E-state index in [1.807, 2.05) is 6.07 Å². The first-order valence-corrected chi connectivity index (χ1v) is 14.9. The molecule has 1 aliphatic heterocycles. The fourth-order valence-electron chi connectivity index (χ4n) is 6.01. The monoisotopic (exact) mass is 509 g/mol. The molecule has 1 saturated heterocycles. The highest BCUT2D eigenvalue weighted by atomic mass is 35.5. The molecule has 1 fully saturated rings. The maximum Gasteiger partial charge on any atom is 0.261 e. The summed E-state index contributed by atoms with van der Waals surface area (Å²) in [7, 11) is -2.53. The predicted octanol–water partition coefficient (Wildman–Crippen LogP) is 6.11. The summed E-state index contributed by atoms with van der Waals surface area (Å²) in [6.07, 6.45) is 3.29. The number of nitrogens with zero attached hydrogens (tertiary/aromatic N) is 1. The number of benzene rings is 3. The normalized spacial score (nSPS) is 21.1. The summed E-state index contributed by atoms with van der Waals surface area (Å²) in [6.45, 7) is 9.09. The summed E-state index contributed by atoms with van der Waals surface area (Å²) in [4.78, 5) is 2.62. The van der Waals surface area contributed by atoms with Crippen LogP contribution in [0.3, 0.4) is 0 Å². The van der Waals surface area contributed by atoms with E-state index in [2.05, 4.69) is 92.4 Å². The van der Waals surface area contributed by atoms with Crippen LogP contribution in [0.5, 0.6) is 0 Å². The molecule has 2 atom stereocenters. The van der Waals surface area contributed by atoms with Gasteiger partial charge in [0, 0.05) is 29.2 Å². The first-order chi connectivity index (χ1) is 16.3. The van der Waals surface area contributed by atoms with Gasteiger partial charge in [-0.25, -0.2) is 0 Å². The van der Waals surface area contributed by atoms with Gasteiger partial charge in [0.1, 0.15) is 0 Å². The number of halogens is 2. The lowest BCUT2D eigenvalue weighted by Gasteiger charge is -2.44. The first-order valence-electron chi connectivity index (χ1n) is 12.3. The highest BCUT2D eigenvalue weighted by Crippen LogP contribution is 2.40. The molecule has 1 heterocycles. The smallest absolute Gasteiger partial charge is 0.261 e. The molecule has 5 rings (SSSR count). The van der Waals surface area contributed by atoms with E-state index in [-0.39, 0.29) is 11.1 Å². The second kappa shape index (κ2) is 9.44. The number of fused-ring (bicyclic) bond motifs is 1. The van der Waals surface area contributed by atoms with Gasteiger partial charge in [-0.15, -0.1) is 0 Å². The SMILES string of the molecule is CC(C)(C)[Si](O[C@@H]1CCN([C@@H]2Cc3cc(Cl)cc(Cl)c3C2)C1)(c1ccccc1)c1ccccc1. The molecule has 0 aromatic heterocycles. The molecule has 0 unspecified atom stereocenters. The standard InChI is InChI=1S/C29H33Cl2NOSi/c1-29(2,3)34(25-10-6-4-7-11-25,26-12-8-5-9-13-26)33-24-14-15-32(20-24)23-17-21-16-22(30)18-28(31)27(21)19-23/h4-13,16,18,23-24H,14-15,17,19-20H2,1-3H3/t23-,24-/m1/s1. The molecule has 5 heteroatoms. The van der Waals surface area contributed by atoms with Crippen LogP contribution in [-0.4, -0.2) is 38.5 Å². The summed E-state index contributed by atoms with van der Waals surface area (Å²) < 4.78 is 7.40. The van der Waals surface area contributed by atoms with Crippen molar-refractivity contribution in [1.29, 1.82) is 0 Å². The van der Waals surface area contributed by atoms with Crippen LogP contribution in [0.1, 0.15) is 38.3 Å². The molecule has 2 nitrogen and oxygen atoms in total. The second-order valence-electron chi connectivity index (χ2n) is 10.8. The van der Waals surface area contributed by atoms with Gasteiger partial charge in [0.2, 0.25) is 0 Å². The molecule has 0 N–H and O–H groups in total. The Morgan fingerprint density at radius 1 is 0.882 bits per heavy atom. The molecule has 0 radical (unpaired) electrons. The molecule has 2 aliphatic rings. The molecule has 178 valence electrons. The van der Waals surface area contributed by atoms with Crippen molar-refractivity contribution >= 4 is 41.9 Å². The molecule has 0 amide bonds. The van der Waals surface area contributed by atoms with Crippen molar-refractivity contribution in [2.45, 2.75) is 57.2 Å². The highest BCUT2D eigenvalue weighted by molar-refractivity contribution is 6.99. The Morgan fingerprint density at radius 2 is 1.50 bits per heavy atom. The van der Waals surface area contributed by atoms with Crippen molar-refractivity contribution < 1.29 is 4.43 Å². The van der Waals surface area contributed by atoms with Crippen molar-refractivity contribution in [3.63, 3.8) is 0 Å². The van der Waals surface area contributed by atoms with Crippen LogP contribution in [0.4, 0.5) is 0 Å². The molecular formula is C29H33Cl2NOSi. The Morgan fingerprint density at radius 3 is 2.09 bits per heavy atom. The van der Waals surface area contributed by atoms with E-state index < -0.39 is 8.32 Å². The van der Waals surface area contributed by atoms with Crippen LogP contribution >= 0.6 is 23.2 Å². The van der Waals surface area contributed by atoms with E-state index in [1.54, 1.807) is 0 Å². The van der Waals surface area contributed by atoms with Gasteiger partial charge in [-0.1, -0.05) is 105 Å². The van der Waals surface area contributed by atoms with Gasteiger partial charge in [-0.3, -0.25) is 4.90 Å². The lowest BCUT2D eigenvalue weighted by molar-refractivity contribution is 0.170. The number of rotatable bonds is 5. The lowest BCUT2D eigenvalue weighted by atomic mass is 10.1. The van der Waals surface area contributed by atoms with Gasteiger partial charge in [0.15, 0.2) is 0 Å². The maximum atomic E-state index is 7.40. The maximum absolute atomic E-state index is 7.40. The zero-order valence-electron chi connectivity index (χ0n) is 20.2. The minimum atomic E-state index is -2.53. The number of hydrogen-bond acceptors (Lipinski definition) is 2. The fourth-order valence-corrected chi connectivity index (χ4v) is 11.3. The van der Waals surface area contributed by atoms with Crippen LogP contribution in [0.15, 0.2) is 72.8 Å². The minimum Gasteiger partial charge on any atom is -0.403 e. The summed E-state index contributed by atoms with van der Waals surface area (Å²) in [5.74, 6) is 0. The zero-order valence-corrected chi connectivity index (χ0v) is 22.7. The van der Waals surface area contributed by atoms with Crippen molar-refractivity contribution in [1.82, 2.24) is 4.90 Å². The summed E-state index contributed by atoms with van der Waals surface area (Å²) in [5.41, 5.74) is 2.58. The van der Waals surface area contributed by atoms with E-state index in [9.17, 15) is 0 Å². The third-order valence-corrected chi connectivity index (χ3v) is 13.2. The molecule has 3 aromatic carbocycles. The molecule has 34 heavy (non-hydrogen) atoms. The van der Waals surface area contributed by atoms with Gasteiger partial charge in [-0.2, -0.15) is 0 Å². The Kier molecular flexibility index (Phi) is 6.69. The quantitative estimate of drug-likeness (QED) is 0.384. The predicted molar refractivity (Wildman–Crippen MR) is 146 cm³/mol. The Balaban J connectivity index is 1.42. The molecule has 1 aliphatic carbocycles. The van der Waals surface area contributed by atoms with Crippen molar-refractivity contribution in [2.75, 3.05) is 13.1 Å². The third-order valence-electron chi connectivity index (χ3n) is 7.60. The van der Waals surface area contributed by atoms with Gasteiger partial charge in [0.05, 0.1) is 6.10 Å². The van der Waals surface area contributed by atoms with Gasteiger partial charge in [0.25, 0.3) is 8.32 Å². The second-order valence-corrected chi connectivity index (χ2v) is 15.9. The van der Waals surface area contributed by atoms with Crippen molar-refractivity contribution in [3.05, 3.63) is 94.0 Å². The summed E-state index contributed by atoms with van der Waals surface area (Å²) in [5, 5.41) is 4.24. The van der Waals surface area contributed by atoms with Crippen molar-refractivity contribution in [2.24, 2.45) is 0 Å². The van der Waals surface area contributed by atoms with E-state index in [4.69, 9.17) is 27.6 Å². The topological polar surface area (TPSA) is 12.5 Å². The lowest BCUT2D eigenvalue weighted by Crippen LogP contribution is -2.67. The van der Waals surface area contributed by atoms with Crippen LogP contribution in [0.25, 0.3) is 0 Å². The van der Waals surface area contributed by atoms with E-state index >= 15 is 0 Å². The third kappa shape index (κ3) is 4.38. The van der Waals surface area contributed by atoms with Crippen LogP contribution in [-0.2, 0) is 17.3 Å². The minimum absolute atomic E-state index is 0.00298. The molecule has 3 aromatic rings. The fraction of sp³-hybridized carbons (Fsp3) is 0.379. The van der Waals surface area contributed by atoms with Crippen LogP contribution in [0.2, 0.25) is 15.1 Å².